The average Bonchev–Trinajstić information content (AvgIpc) is 2.54. The van der Waals surface area contributed by atoms with Crippen molar-refractivity contribution in [1.82, 2.24) is 5.43 Å². The van der Waals surface area contributed by atoms with E-state index in [9.17, 15) is 4.79 Å². The summed E-state index contributed by atoms with van der Waals surface area (Å²) in [5, 5.41) is 4.04. The van der Waals surface area contributed by atoms with Gasteiger partial charge in [-0.15, -0.1) is 0 Å². The van der Waals surface area contributed by atoms with Gasteiger partial charge < -0.3 is 0 Å². The first-order valence-corrected chi connectivity index (χ1v) is 8.31. The Hall–Kier alpha value is -2.42. The zero-order valence-electron chi connectivity index (χ0n) is 15.1. The molecule has 0 aliphatic rings. The topological polar surface area (TPSA) is 41.5 Å². The summed E-state index contributed by atoms with van der Waals surface area (Å²) in [6, 6.07) is 15.8. The summed E-state index contributed by atoms with van der Waals surface area (Å²) >= 11 is 0. The highest BCUT2D eigenvalue weighted by Gasteiger charge is 2.14. The van der Waals surface area contributed by atoms with Crippen LogP contribution in [0.15, 0.2) is 53.6 Å². The fraction of sp³-hybridized carbons (Fsp3) is 0.333. The van der Waals surface area contributed by atoms with Gasteiger partial charge >= 0.3 is 0 Å². The van der Waals surface area contributed by atoms with E-state index >= 15 is 0 Å². The van der Waals surface area contributed by atoms with E-state index < -0.39 is 0 Å². The van der Waals surface area contributed by atoms with E-state index in [1.54, 1.807) is 6.21 Å². The molecule has 0 radical (unpaired) electrons. The molecule has 2 rings (SSSR count). The van der Waals surface area contributed by atoms with Crippen molar-refractivity contribution in [2.45, 2.75) is 46.0 Å². The van der Waals surface area contributed by atoms with Gasteiger partial charge in [-0.05, 0) is 40.2 Å². The van der Waals surface area contributed by atoms with Crippen LogP contribution in [-0.2, 0) is 5.41 Å². The van der Waals surface area contributed by atoms with Crippen LogP contribution >= 0.6 is 0 Å². The highest BCUT2D eigenvalue weighted by Crippen LogP contribution is 2.22. The van der Waals surface area contributed by atoms with Crippen molar-refractivity contribution in [2.24, 2.45) is 5.10 Å². The molecule has 1 N–H and O–H groups in total. The summed E-state index contributed by atoms with van der Waals surface area (Å²) in [5.41, 5.74) is 6.71. The summed E-state index contributed by atoms with van der Waals surface area (Å²) in [5.74, 6) is 0.303. The van der Waals surface area contributed by atoms with E-state index in [2.05, 4.69) is 57.3 Å². The molecule has 2 aromatic rings. The summed E-state index contributed by atoms with van der Waals surface area (Å²) < 4.78 is 0. The van der Waals surface area contributed by atoms with Gasteiger partial charge in [-0.25, -0.2) is 5.43 Å². The minimum Gasteiger partial charge on any atom is -0.267 e. The lowest BCUT2D eigenvalue weighted by Crippen LogP contribution is -2.18. The summed E-state index contributed by atoms with van der Waals surface area (Å²) in [6.45, 7) is 10.8. The fourth-order valence-electron chi connectivity index (χ4n) is 2.32. The zero-order valence-corrected chi connectivity index (χ0v) is 15.1. The number of hydrogen-bond acceptors (Lipinski definition) is 2. The number of hydrogen-bond donors (Lipinski definition) is 1. The molecule has 0 spiro atoms. The van der Waals surface area contributed by atoms with Gasteiger partial charge in [0.25, 0.3) is 5.91 Å². The molecule has 0 heterocycles. The first kappa shape index (κ1) is 17.9. The summed E-state index contributed by atoms with van der Waals surface area (Å²) in [6.07, 6.45) is 1.66. The minimum atomic E-state index is -0.203. The molecule has 0 fully saturated rings. The predicted molar refractivity (Wildman–Crippen MR) is 101 cm³/mol. The molecule has 0 bridgehead atoms. The second-order valence-electron chi connectivity index (χ2n) is 7.35. The molecule has 0 aliphatic carbocycles. The molecular formula is C21H26N2O. The Kier molecular flexibility index (Phi) is 5.55. The lowest BCUT2D eigenvalue weighted by atomic mass is 9.87. The molecule has 2 aromatic carbocycles. The van der Waals surface area contributed by atoms with Crippen molar-refractivity contribution < 1.29 is 4.79 Å². The van der Waals surface area contributed by atoms with Gasteiger partial charge in [0.1, 0.15) is 0 Å². The largest absolute Gasteiger partial charge is 0.271 e. The third-order valence-corrected chi connectivity index (χ3v) is 4.00. The fourth-order valence-corrected chi connectivity index (χ4v) is 2.32. The minimum absolute atomic E-state index is 0.0787. The Balaban J connectivity index is 1.97. The first-order chi connectivity index (χ1) is 11.3. The molecule has 0 aliphatic heterocycles. The second-order valence-corrected chi connectivity index (χ2v) is 7.35. The van der Waals surface area contributed by atoms with E-state index in [4.69, 9.17) is 0 Å². The standard InChI is InChI=1S/C21H26N2O/c1-15(2)17-8-6-16(7-9-17)14-22-23-20(24)18-10-12-19(13-11-18)21(3,4)5/h6-15H,1-5H3,(H,23,24)/b22-14-. The van der Waals surface area contributed by atoms with Crippen LogP contribution in [0.25, 0.3) is 0 Å². The Morgan fingerprint density at radius 1 is 1.00 bits per heavy atom. The van der Waals surface area contributed by atoms with Gasteiger partial charge in [0.15, 0.2) is 0 Å². The third kappa shape index (κ3) is 4.79. The molecule has 126 valence electrons. The number of rotatable bonds is 4. The third-order valence-electron chi connectivity index (χ3n) is 4.00. The van der Waals surface area contributed by atoms with Gasteiger partial charge in [-0.3, -0.25) is 4.79 Å². The second kappa shape index (κ2) is 7.43. The van der Waals surface area contributed by atoms with Crippen LogP contribution in [0.4, 0.5) is 0 Å². The van der Waals surface area contributed by atoms with Crippen LogP contribution in [0.3, 0.4) is 0 Å². The summed E-state index contributed by atoms with van der Waals surface area (Å²) in [7, 11) is 0. The Morgan fingerprint density at radius 2 is 1.58 bits per heavy atom. The number of carbonyl (C=O) groups is 1. The molecule has 0 saturated carbocycles. The van der Waals surface area contributed by atoms with Crippen molar-refractivity contribution in [2.75, 3.05) is 0 Å². The van der Waals surface area contributed by atoms with Crippen molar-refractivity contribution in [3.8, 4) is 0 Å². The van der Waals surface area contributed by atoms with Crippen LogP contribution in [0.1, 0.15) is 67.6 Å². The first-order valence-electron chi connectivity index (χ1n) is 8.31. The average molecular weight is 322 g/mol. The molecule has 0 atom stereocenters. The molecule has 1 amide bonds. The molecule has 24 heavy (non-hydrogen) atoms. The number of amides is 1. The normalized spacial score (nSPS) is 11.9. The monoisotopic (exact) mass is 322 g/mol. The van der Waals surface area contributed by atoms with Gasteiger partial charge in [-0.1, -0.05) is 71.0 Å². The Labute approximate surface area is 144 Å². The molecule has 0 saturated heterocycles. The van der Waals surface area contributed by atoms with Crippen LogP contribution in [-0.4, -0.2) is 12.1 Å². The maximum absolute atomic E-state index is 12.1. The molecular weight excluding hydrogens is 296 g/mol. The van der Waals surface area contributed by atoms with Crippen LogP contribution in [0.5, 0.6) is 0 Å². The predicted octanol–water partition coefficient (Wildman–Crippen LogP) is 4.87. The summed E-state index contributed by atoms with van der Waals surface area (Å²) in [4.78, 5) is 12.1. The van der Waals surface area contributed by atoms with E-state index in [-0.39, 0.29) is 11.3 Å². The van der Waals surface area contributed by atoms with E-state index in [0.29, 0.717) is 11.5 Å². The van der Waals surface area contributed by atoms with Crippen LogP contribution in [0.2, 0.25) is 0 Å². The number of nitrogens with zero attached hydrogens (tertiary/aromatic N) is 1. The van der Waals surface area contributed by atoms with Crippen molar-refractivity contribution >= 4 is 12.1 Å². The lowest BCUT2D eigenvalue weighted by Gasteiger charge is -2.18. The van der Waals surface area contributed by atoms with Crippen LogP contribution in [0, 0.1) is 0 Å². The highest BCUT2D eigenvalue weighted by molar-refractivity contribution is 5.94. The van der Waals surface area contributed by atoms with Gasteiger partial charge in [0, 0.05) is 5.56 Å². The molecule has 0 aromatic heterocycles. The SMILES string of the molecule is CC(C)c1ccc(/C=N\NC(=O)c2ccc(C(C)(C)C)cc2)cc1. The smallest absolute Gasteiger partial charge is 0.267 e. The highest BCUT2D eigenvalue weighted by atomic mass is 16.2. The number of hydrazone groups is 1. The van der Waals surface area contributed by atoms with Crippen molar-refractivity contribution in [1.29, 1.82) is 0 Å². The molecule has 0 unspecified atom stereocenters. The van der Waals surface area contributed by atoms with Gasteiger partial charge in [0.2, 0.25) is 0 Å². The number of benzene rings is 2. The molecule has 3 nitrogen and oxygen atoms in total. The van der Waals surface area contributed by atoms with Crippen molar-refractivity contribution in [3.63, 3.8) is 0 Å². The van der Waals surface area contributed by atoms with E-state index in [0.717, 1.165) is 5.56 Å². The molecule has 3 heteroatoms. The van der Waals surface area contributed by atoms with Gasteiger partial charge in [-0.2, -0.15) is 5.10 Å². The number of carbonyl (C=O) groups excluding carboxylic acids is 1. The van der Waals surface area contributed by atoms with E-state index in [1.807, 2.05) is 36.4 Å². The zero-order chi connectivity index (χ0) is 17.7. The van der Waals surface area contributed by atoms with Gasteiger partial charge in [0.05, 0.1) is 6.21 Å². The van der Waals surface area contributed by atoms with Crippen molar-refractivity contribution in [3.05, 3.63) is 70.8 Å². The quantitative estimate of drug-likeness (QED) is 0.633. The Bertz CT molecular complexity index is 705. The Morgan fingerprint density at radius 3 is 2.08 bits per heavy atom. The van der Waals surface area contributed by atoms with Crippen LogP contribution < -0.4 is 5.43 Å². The maximum Gasteiger partial charge on any atom is 0.271 e. The maximum atomic E-state index is 12.1. The number of nitrogens with one attached hydrogen (secondary N) is 1. The lowest BCUT2D eigenvalue weighted by molar-refractivity contribution is 0.0955. The van der Waals surface area contributed by atoms with E-state index in [1.165, 1.54) is 11.1 Å².